The van der Waals surface area contributed by atoms with E-state index in [1.54, 1.807) is 4.90 Å². The molecule has 1 amide bonds. The van der Waals surface area contributed by atoms with Crippen LogP contribution in [0.2, 0.25) is 5.02 Å². The molecule has 6 nitrogen and oxygen atoms in total. The van der Waals surface area contributed by atoms with Gasteiger partial charge in [0.15, 0.2) is 0 Å². The average molecular weight is 285 g/mol. The van der Waals surface area contributed by atoms with Gasteiger partial charge < -0.3 is 9.64 Å². The number of nitro benzene ring substituents is 1. The molecule has 0 aliphatic carbocycles. The molecular weight excluding hydrogens is 272 g/mol. The zero-order chi connectivity index (χ0) is 13.8. The van der Waals surface area contributed by atoms with Crippen molar-refractivity contribution in [3.8, 4) is 0 Å². The monoisotopic (exact) mass is 284 g/mol. The van der Waals surface area contributed by atoms with E-state index in [4.69, 9.17) is 16.3 Å². The van der Waals surface area contributed by atoms with Gasteiger partial charge >= 0.3 is 0 Å². The quantitative estimate of drug-likeness (QED) is 0.616. The zero-order valence-electron chi connectivity index (χ0n) is 10.2. The molecule has 1 aliphatic heterocycles. The number of hydrogen-bond acceptors (Lipinski definition) is 4. The number of carbonyl (C=O) groups is 1. The first-order chi connectivity index (χ1) is 9.11. The fourth-order valence-corrected chi connectivity index (χ4v) is 2.22. The van der Waals surface area contributed by atoms with E-state index in [-0.39, 0.29) is 22.2 Å². The summed E-state index contributed by atoms with van der Waals surface area (Å²) in [4.78, 5) is 24.1. The van der Waals surface area contributed by atoms with Gasteiger partial charge in [-0.25, -0.2) is 0 Å². The molecule has 1 saturated heterocycles. The van der Waals surface area contributed by atoms with Crippen LogP contribution in [0.25, 0.3) is 0 Å². The normalized spacial score (nSPS) is 15.9. The fraction of sp³-hybridized carbons (Fsp3) is 0.417. The average Bonchev–Trinajstić information content (AvgIpc) is 2.66. The molecule has 102 valence electrons. The lowest BCUT2D eigenvalue weighted by Gasteiger charge is -2.20. The zero-order valence-corrected chi connectivity index (χ0v) is 10.9. The molecule has 1 aromatic rings. The number of amides is 1. The highest BCUT2D eigenvalue weighted by Gasteiger charge is 2.24. The summed E-state index contributed by atoms with van der Waals surface area (Å²) in [6.45, 7) is 2.13. The number of nitro groups is 1. The molecule has 7 heteroatoms. The summed E-state index contributed by atoms with van der Waals surface area (Å²) in [5.41, 5.74) is -0.0867. The minimum Gasteiger partial charge on any atom is -0.380 e. The minimum absolute atomic E-state index is 0.109. The van der Waals surface area contributed by atoms with E-state index in [1.807, 2.05) is 0 Å². The molecule has 0 aromatic heterocycles. The highest BCUT2D eigenvalue weighted by molar-refractivity contribution is 6.35. The Hall–Kier alpha value is -1.66. The summed E-state index contributed by atoms with van der Waals surface area (Å²) in [7, 11) is 0. The summed E-state index contributed by atoms with van der Waals surface area (Å²) in [6, 6.07) is 4.25. The highest BCUT2D eigenvalue weighted by Crippen LogP contribution is 2.28. The van der Waals surface area contributed by atoms with Gasteiger partial charge in [0.2, 0.25) is 0 Å². The second-order valence-electron chi connectivity index (χ2n) is 4.15. The first-order valence-corrected chi connectivity index (χ1v) is 6.29. The number of ether oxygens (including phenoxy) is 1. The molecular formula is C12H13ClN2O4. The molecule has 2 rings (SSSR count). The lowest BCUT2D eigenvalue weighted by molar-refractivity contribution is -0.384. The molecule has 0 spiro atoms. The Kier molecular flexibility index (Phi) is 4.34. The van der Waals surface area contributed by atoms with Gasteiger partial charge in [0.05, 0.1) is 17.1 Å². The summed E-state index contributed by atoms with van der Waals surface area (Å²) in [6.07, 6.45) is 0.748. The van der Waals surface area contributed by atoms with Gasteiger partial charge in [-0.15, -0.1) is 0 Å². The molecule has 0 radical (unpaired) electrons. The van der Waals surface area contributed by atoms with Crippen molar-refractivity contribution >= 4 is 23.2 Å². The fourth-order valence-electron chi connectivity index (χ4n) is 1.95. The third-order valence-corrected chi connectivity index (χ3v) is 3.31. The van der Waals surface area contributed by atoms with Crippen molar-refractivity contribution in [2.75, 3.05) is 26.3 Å². The Balaban J connectivity index is 2.28. The second kappa shape index (κ2) is 5.99. The van der Waals surface area contributed by atoms with Crippen molar-refractivity contribution in [3.63, 3.8) is 0 Å². The molecule has 19 heavy (non-hydrogen) atoms. The van der Waals surface area contributed by atoms with Gasteiger partial charge in [0, 0.05) is 25.8 Å². The molecule has 1 fully saturated rings. The van der Waals surface area contributed by atoms with E-state index in [0.717, 1.165) is 6.42 Å². The molecule has 1 aliphatic rings. The molecule has 0 saturated carbocycles. The van der Waals surface area contributed by atoms with Crippen LogP contribution in [0.1, 0.15) is 16.8 Å². The molecule has 0 atom stereocenters. The SMILES string of the molecule is O=C(c1cccc([N+](=O)[O-])c1Cl)N1CCCOCC1. The van der Waals surface area contributed by atoms with Crippen molar-refractivity contribution < 1.29 is 14.5 Å². The van der Waals surface area contributed by atoms with Crippen LogP contribution in [-0.4, -0.2) is 42.0 Å². The van der Waals surface area contributed by atoms with Crippen LogP contribution in [0.15, 0.2) is 18.2 Å². The molecule has 1 aromatic carbocycles. The number of nitrogens with zero attached hydrogens (tertiary/aromatic N) is 2. The van der Waals surface area contributed by atoms with E-state index in [1.165, 1.54) is 18.2 Å². The molecule has 1 heterocycles. The number of benzene rings is 1. The van der Waals surface area contributed by atoms with Crippen molar-refractivity contribution in [2.45, 2.75) is 6.42 Å². The first kappa shape index (κ1) is 13.8. The predicted octanol–water partition coefficient (Wildman–Crippen LogP) is 2.11. The number of halogens is 1. The Morgan fingerprint density at radius 1 is 1.37 bits per heavy atom. The van der Waals surface area contributed by atoms with Gasteiger partial charge in [0.25, 0.3) is 11.6 Å². The Bertz CT molecular complexity index is 499. The maximum absolute atomic E-state index is 12.3. The van der Waals surface area contributed by atoms with Crippen LogP contribution < -0.4 is 0 Å². The van der Waals surface area contributed by atoms with Crippen molar-refractivity contribution in [1.82, 2.24) is 4.90 Å². The standard InChI is InChI=1S/C12H13ClN2O4/c13-11-9(3-1-4-10(11)15(17)18)12(16)14-5-2-7-19-8-6-14/h1,3-4H,2,5-8H2. The van der Waals surface area contributed by atoms with Crippen molar-refractivity contribution in [3.05, 3.63) is 38.9 Å². The summed E-state index contributed by atoms with van der Waals surface area (Å²) >= 11 is 5.94. The number of carbonyl (C=O) groups excluding carboxylic acids is 1. The van der Waals surface area contributed by atoms with E-state index < -0.39 is 4.92 Å². The summed E-state index contributed by atoms with van der Waals surface area (Å²) in [5.74, 6) is -0.292. The maximum atomic E-state index is 12.3. The van der Waals surface area contributed by atoms with Crippen molar-refractivity contribution in [2.24, 2.45) is 0 Å². The minimum atomic E-state index is -0.593. The van der Waals surface area contributed by atoms with Gasteiger partial charge in [0.1, 0.15) is 5.02 Å². The third kappa shape index (κ3) is 3.02. The van der Waals surface area contributed by atoms with Crippen LogP contribution >= 0.6 is 11.6 Å². The Labute approximate surface area is 115 Å². The van der Waals surface area contributed by atoms with Crippen LogP contribution in [0.5, 0.6) is 0 Å². The predicted molar refractivity (Wildman–Crippen MR) is 69.4 cm³/mol. The van der Waals surface area contributed by atoms with Crippen LogP contribution in [-0.2, 0) is 4.74 Å². The number of hydrogen-bond donors (Lipinski definition) is 0. The third-order valence-electron chi connectivity index (χ3n) is 2.91. The van der Waals surface area contributed by atoms with Gasteiger partial charge in [-0.1, -0.05) is 17.7 Å². The van der Waals surface area contributed by atoms with Crippen molar-refractivity contribution in [1.29, 1.82) is 0 Å². The summed E-state index contributed by atoms with van der Waals surface area (Å²) < 4.78 is 5.27. The van der Waals surface area contributed by atoms with Crippen LogP contribution in [0.4, 0.5) is 5.69 Å². The Morgan fingerprint density at radius 2 is 2.16 bits per heavy atom. The first-order valence-electron chi connectivity index (χ1n) is 5.91. The topological polar surface area (TPSA) is 72.7 Å². The van der Waals surface area contributed by atoms with Gasteiger partial charge in [-0.05, 0) is 12.5 Å². The smallest absolute Gasteiger partial charge is 0.288 e. The molecule has 0 unspecified atom stereocenters. The maximum Gasteiger partial charge on any atom is 0.288 e. The van der Waals surface area contributed by atoms with E-state index in [9.17, 15) is 14.9 Å². The van der Waals surface area contributed by atoms with E-state index in [2.05, 4.69) is 0 Å². The Morgan fingerprint density at radius 3 is 2.89 bits per heavy atom. The van der Waals surface area contributed by atoms with Gasteiger partial charge in [-0.3, -0.25) is 14.9 Å². The van der Waals surface area contributed by atoms with E-state index >= 15 is 0 Å². The molecule has 0 bridgehead atoms. The van der Waals surface area contributed by atoms with Crippen LogP contribution in [0, 0.1) is 10.1 Å². The highest BCUT2D eigenvalue weighted by atomic mass is 35.5. The van der Waals surface area contributed by atoms with E-state index in [0.29, 0.717) is 26.3 Å². The largest absolute Gasteiger partial charge is 0.380 e. The number of rotatable bonds is 2. The lowest BCUT2D eigenvalue weighted by atomic mass is 10.1. The summed E-state index contributed by atoms with van der Waals surface area (Å²) in [5, 5.41) is 10.7. The van der Waals surface area contributed by atoms with Gasteiger partial charge in [-0.2, -0.15) is 0 Å². The second-order valence-corrected chi connectivity index (χ2v) is 4.53. The lowest BCUT2D eigenvalue weighted by Crippen LogP contribution is -2.33. The van der Waals surface area contributed by atoms with Crippen LogP contribution in [0.3, 0.4) is 0 Å². The molecule has 0 N–H and O–H groups in total.